The van der Waals surface area contributed by atoms with Crippen LogP contribution in [0.2, 0.25) is 0 Å². The number of likely N-dealkylation sites (N-methyl/N-ethyl adjacent to an activating group) is 2. The molecule has 0 saturated heterocycles. The fraction of sp³-hybridized carbons (Fsp3) is 1.00. The van der Waals surface area contributed by atoms with Crippen LogP contribution < -0.4 is 5.32 Å². The van der Waals surface area contributed by atoms with E-state index < -0.39 is 0 Å². The quantitative estimate of drug-likeness (QED) is 0.692. The van der Waals surface area contributed by atoms with Crippen molar-refractivity contribution in [2.45, 2.75) is 45.1 Å². The second kappa shape index (κ2) is 8.04. The summed E-state index contributed by atoms with van der Waals surface area (Å²) >= 11 is 0. The van der Waals surface area contributed by atoms with E-state index in [1.165, 1.54) is 32.1 Å². The Labute approximate surface area is 100 Å². The van der Waals surface area contributed by atoms with Gasteiger partial charge in [0.25, 0.3) is 0 Å². The molecule has 1 atom stereocenters. The van der Waals surface area contributed by atoms with E-state index in [2.05, 4.69) is 24.2 Å². The average molecular weight is 228 g/mol. The topological polar surface area (TPSA) is 35.5 Å². The molecule has 0 heterocycles. The molecule has 0 aromatic heterocycles. The molecule has 16 heavy (non-hydrogen) atoms. The fourth-order valence-electron chi connectivity index (χ4n) is 2.62. The summed E-state index contributed by atoms with van der Waals surface area (Å²) in [6, 6.07) is 0. The minimum absolute atomic E-state index is 0.228. The zero-order valence-electron chi connectivity index (χ0n) is 10.9. The van der Waals surface area contributed by atoms with Crippen molar-refractivity contribution in [2.75, 3.05) is 33.2 Å². The van der Waals surface area contributed by atoms with Gasteiger partial charge in [0, 0.05) is 19.6 Å². The molecule has 0 aromatic carbocycles. The van der Waals surface area contributed by atoms with Crippen LogP contribution in [0.5, 0.6) is 0 Å². The summed E-state index contributed by atoms with van der Waals surface area (Å²) in [4.78, 5) is 2.29. The lowest BCUT2D eigenvalue weighted by Crippen LogP contribution is -2.38. The van der Waals surface area contributed by atoms with Crippen LogP contribution in [-0.4, -0.2) is 49.3 Å². The molecule has 1 aliphatic carbocycles. The van der Waals surface area contributed by atoms with E-state index >= 15 is 0 Å². The van der Waals surface area contributed by atoms with Crippen molar-refractivity contribution >= 4 is 0 Å². The van der Waals surface area contributed by atoms with E-state index in [9.17, 15) is 5.11 Å². The monoisotopic (exact) mass is 228 g/mol. The van der Waals surface area contributed by atoms with Gasteiger partial charge < -0.3 is 15.3 Å². The van der Waals surface area contributed by atoms with Crippen LogP contribution in [0.15, 0.2) is 0 Å². The van der Waals surface area contributed by atoms with Gasteiger partial charge in [-0.1, -0.05) is 26.2 Å². The zero-order chi connectivity index (χ0) is 11.8. The van der Waals surface area contributed by atoms with Gasteiger partial charge in [0.2, 0.25) is 0 Å². The standard InChI is InChI=1S/C13H28N2O/c1-3-14-9-13(16)11-15(2)10-12-7-5-4-6-8-12/h12-14,16H,3-11H2,1-2H3. The summed E-state index contributed by atoms with van der Waals surface area (Å²) < 4.78 is 0. The first kappa shape index (κ1) is 13.9. The molecule has 0 radical (unpaired) electrons. The maximum absolute atomic E-state index is 9.78. The van der Waals surface area contributed by atoms with Crippen LogP contribution in [0.25, 0.3) is 0 Å². The molecule has 3 nitrogen and oxygen atoms in total. The molecule has 1 saturated carbocycles. The van der Waals surface area contributed by atoms with Crippen LogP contribution >= 0.6 is 0 Å². The minimum Gasteiger partial charge on any atom is -0.390 e. The van der Waals surface area contributed by atoms with Crippen molar-refractivity contribution in [2.24, 2.45) is 5.92 Å². The third kappa shape index (κ3) is 5.83. The fourth-order valence-corrected chi connectivity index (χ4v) is 2.62. The van der Waals surface area contributed by atoms with Gasteiger partial charge in [-0.2, -0.15) is 0 Å². The van der Waals surface area contributed by atoms with Crippen LogP contribution in [0, 0.1) is 5.92 Å². The van der Waals surface area contributed by atoms with Gasteiger partial charge in [0.1, 0.15) is 0 Å². The van der Waals surface area contributed by atoms with Crippen molar-refractivity contribution < 1.29 is 5.11 Å². The number of aliphatic hydroxyl groups excluding tert-OH is 1. The largest absolute Gasteiger partial charge is 0.390 e. The van der Waals surface area contributed by atoms with E-state index in [0.29, 0.717) is 6.54 Å². The van der Waals surface area contributed by atoms with Crippen molar-refractivity contribution in [1.29, 1.82) is 0 Å². The molecule has 0 spiro atoms. The van der Waals surface area contributed by atoms with Gasteiger partial charge in [-0.25, -0.2) is 0 Å². The van der Waals surface area contributed by atoms with Crippen molar-refractivity contribution in [3.8, 4) is 0 Å². The Hall–Kier alpha value is -0.120. The summed E-state index contributed by atoms with van der Waals surface area (Å²) in [7, 11) is 2.13. The first-order chi connectivity index (χ1) is 7.72. The lowest BCUT2D eigenvalue weighted by molar-refractivity contribution is 0.112. The van der Waals surface area contributed by atoms with E-state index in [1.807, 2.05) is 0 Å². The van der Waals surface area contributed by atoms with Crippen molar-refractivity contribution in [1.82, 2.24) is 10.2 Å². The molecule has 1 rings (SSSR count). The number of nitrogens with zero attached hydrogens (tertiary/aromatic N) is 1. The molecule has 1 aliphatic rings. The highest BCUT2D eigenvalue weighted by Gasteiger charge is 2.16. The van der Waals surface area contributed by atoms with E-state index in [-0.39, 0.29) is 6.10 Å². The average Bonchev–Trinajstić information content (AvgIpc) is 2.27. The summed E-state index contributed by atoms with van der Waals surface area (Å²) in [6.07, 6.45) is 6.76. The SMILES string of the molecule is CCNCC(O)CN(C)CC1CCCCC1. The number of hydrogen-bond donors (Lipinski definition) is 2. The number of hydrogen-bond acceptors (Lipinski definition) is 3. The number of aliphatic hydroxyl groups is 1. The van der Waals surface area contributed by atoms with Gasteiger partial charge >= 0.3 is 0 Å². The molecule has 3 heteroatoms. The Morgan fingerprint density at radius 1 is 1.31 bits per heavy atom. The summed E-state index contributed by atoms with van der Waals surface area (Å²) in [6.45, 7) is 5.67. The molecule has 0 amide bonds. The van der Waals surface area contributed by atoms with E-state index in [0.717, 1.165) is 25.6 Å². The Morgan fingerprint density at radius 2 is 2.00 bits per heavy atom. The highest BCUT2D eigenvalue weighted by molar-refractivity contribution is 4.71. The molecule has 0 aromatic rings. The van der Waals surface area contributed by atoms with Crippen LogP contribution in [-0.2, 0) is 0 Å². The highest BCUT2D eigenvalue weighted by atomic mass is 16.3. The zero-order valence-corrected chi connectivity index (χ0v) is 10.9. The summed E-state index contributed by atoms with van der Waals surface area (Å²) in [5.74, 6) is 0.866. The molecule has 1 unspecified atom stereocenters. The van der Waals surface area contributed by atoms with Gasteiger partial charge in [-0.15, -0.1) is 0 Å². The lowest BCUT2D eigenvalue weighted by atomic mass is 9.89. The van der Waals surface area contributed by atoms with Crippen molar-refractivity contribution in [3.05, 3.63) is 0 Å². The third-order valence-corrected chi connectivity index (χ3v) is 3.45. The maximum Gasteiger partial charge on any atom is 0.0791 e. The highest BCUT2D eigenvalue weighted by Crippen LogP contribution is 2.23. The summed E-state index contributed by atoms with van der Waals surface area (Å²) in [5, 5.41) is 13.0. The third-order valence-electron chi connectivity index (χ3n) is 3.45. The van der Waals surface area contributed by atoms with Gasteiger partial charge in [-0.3, -0.25) is 0 Å². The molecule has 0 bridgehead atoms. The molecule has 2 N–H and O–H groups in total. The minimum atomic E-state index is -0.228. The Balaban J connectivity index is 2.11. The van der Waals surface area contributed by atoms with E-state index in [4.69, 9.17) is 0 Å². The van der Waals surface area contributed by atoms with Gasteiger partial charge in [0.15, 0.2) is 0 Å². The molecular formula is C13H28N2O. The predicted octanol–water partition coefficient (Wildman–Crippen LogP) is 1.47. The first-order valence-corrected chi connectivity index (χ1v) is 6.79. The molecule has 96 valence electrons. The smallest absolute Gasteiger partial charge is 0.0791 e. The van der Waals surface area contributed by atoms with Gasteiger partial charge in [-0.05, 0) is 32.4 Å². The Kier molecular flexibility index (Phi) is 7.01. The molecule has 0 aliphatic heterocycles. The van der Waals surface area contributed by atoms with Crippen LogP contribution in [0.4, 0.5) is 0 Å². The molecular weight excluding hydrogens is 200 g/mol. The Morgan fingerprint density at radius 3 is 2.62 bits per heavy atom. The predicted molar refractivity (Wildman–Crippen MR) is 68.6 cm³/mol. The number of nitrogens with one attached hydrogen (secondary N) is 1. The maximum atomic E-state index is 9.78. The Bertz CT molecular complexity index is 169. The van der Waals surface area contributed by atoms with Crippen molar-refractivity contribution in [3.63, 3.8) is 0 Å². The summed E-state index contributed by atoms with van der Waals surface area (Å²) in [5.41, 5.74) is 0. The van der Waals surface area contributed by atoms with Gasteiger partial charge in [0.05, 0.1) is 6.10 Å². The van der Waals surface area contributed by atoms with E-state index in [1.54, 1.807) is 0 Å². The normalized spacial score (nSPS) is 20.2. The lowest BCUT2D eigenvalue weighted by Gasteiger charge is -2.28. The second-order valence-electron chi connectivity index (χ2n) is 5.19. The second-order valence-corrected chi connectivity index (χ2v) is 5.19. The molecule has 1 fully saturated rings. The number of rotatable bonds is 7. The van der Waals surface area contributed by atoms with Crippen LogP contribution in [0.1, 0.15) is 39.0 Å². The first-order valence-electron chi connectivity index (χ1n) is 6.79. The van der Waals surface area contributed by atoms with Crippen LogP contribution in [0.3, 0.4) is 0 Å².